The van der Waals surface area contributed by atoms with Gasteiger partial charge in [-0.05, 0) is 24.1 Å². The van der Waals surface area contributed by atoms with Crippen LogP contribution in [0.5, 0.6) is 5.75 Å². The van der Waals surface area contributed by atoms with Crippen molar-refractivity contribution >= 4 is 22.1 Å². The summed E-state index contributed by atoms with van der Waals surface area (Å²) in [6.07, 6.45) is -0.665. The molecule has 0 unspecified atom stereocenters. The van der Waals surface area contributed by atoms with Gasteiger partial charge in [0.05, 0.1) is 6.61 Å². The van der Waals surface area contributed by atoms with Crippen molar-refractivity contribution in [3.63, 3.8) is 0 Å². The standard InChI is InChI=1S/C11H13BrO3/c1-8(2)7-14-11(13)15-10-5-3-4-9(12)6-10/h3-6,8H,7H2,1-2H3. The maximum absolute atomic E-state index is 11.2. The minimum atomic E-state index is -0.665. The SMILES string of the molecule is CC(C)COC(=O)Oc1cccc(Br)c1. The monoisotopic (exact) mass is 272 g/mol. The van der Waals surface area contributed by atoms with Crippen LogP contribution in [-0.4, -0.2) is 12.8 Å². The Bertz CT molecular complexity index is 336. The zero-order valence-electron chi connectivity index (χ0n) is 8.70. The van der Waals surface area contributed by atoms with E-state index in [9.17, 15) is 4.79 Å². The van der Waals surface area contributed by atoms with Crippen LogP contribution in [0.3, 0.4) is 0 Å². The molecule has 0 amide bonds. The molecular formula is C11H13BrO3. The smallest absolute Gasteiger partial charge is 0.434 e. The lowest BCUT2D eigenvalue weighted by Crippen LogP contribution is -2.14. The lowest BCUT2D eigenvalue weighted by atomic mass is 10.2. The van der Waals surface area contributed by atoms with Gasteiger partial charge in [-0.3, -0.25) is 0 Å². The normalized spacial score (nSPS) is 10.1. The number of carbonyl (C=O) groups is 1. The molecule has 15 heavy (non-hydrogen) atoms. The first-order valence-electron chi connectivity index (χ1n) is 4.68. The number of benzene rings is 1. The van der Waals surface area contributed by atoms with Gasteiger partial charge in [-0.2, -0.15) is 0 Å². The van der Waals surface area contributed by atoms with Gasteiger partial charge in [0.2, 0.25) is 0 Å². The first-order valence-corrected chi connectivity index (χ1v) is 5.47. The summed E-state index contributed by atoms with van der Waals surface area (Å²) < 4.78 is 10.7. The van der Waals surface area contributed by atoms with Crippen molar-refractivity contribution in [1.29, 1.82) is 0 Å². The number of carbonyl (C=O) groups excluding carboxylic acids is 1. The highest BCUT2D eigenvalue weighted by atomic mass is 79.9. The lowest BCUT2D eigenvalue weighted by molar-refractivity contribution is 0.0885. The molecule has 0 atom stereocenters. The van der Waals surface area contributed by atoms with E-state index in [1.165, 1.54) is 0 Å². The van der Waals surface area contributed by atoms with E-state index in [0.717, 1.165) is 4.47 Å². The highest BCUT2D eigenvalue weighted by molar-refractivity contribution is 9.10. The predicted octanol–water partition coefficient (Wildman–Crippen LogP) is 3.62. The molecule has 4 heteroatoms. The molecule has 0 aliphatic carbocycles. The molecule has 0 spiro atoms. The van der Waals surface area contributed by atoms with Gasteiger partial charge in [0.1, 0.15) is 5.75 Å². The number of hydrogen-bond donors (Lipinski definition) is 0. The van der Waals surface area contributed by atoms with Gasteiger partial charge < -0.3 is 9.47 Å². The summed E-state index contributed by atoms with van der Waals surface area (Å²) >= 11 is 3.28. The maximum atomic E-state index is 11.2. The Balaban J connectivity index is 2.44. The van der Waals surface area contributed by atoms with E-state index >= 15 is 0 Å². The molecule has 0 aromatic heterocycles. The molecule has 0 bridgehead atoms. The summed E-state index contributed by atoms with van der Waals surface area (Å²) in [5.41, 5.74) is 0. The molecule has 0 radical (unpaired) electrons. The summed E-state index contributed by atoms with van der Waals surface area (Å²) in [6, 6.07) is 7.04. The van der Waals surface area contributed by atoms with Gasteiger partial charge >= 0.3 is 6.16 Å². The lowest BCUT2D eigenvalue weighted by Gasteiger charge is -2.07. The van der Waals surface area contributed by atoms with Crippen molar-refractivity contribution in [2.24, 2.45) is 5.92 Å². The fourth-order valence-electron chi connectivity index (χ4n) is 0.891. The van der Waals surface area contributed by atoms with Crippen molar-refractivity contribution in [2.45, 2.75) is 13.8 Å². The predicted molar refractivity (Wildman–Crippen MR) is 61.0 cm³/mol. The van der Waals surface area contributed by atoms with Gasteiger partial charge in [0.25, 0.3) is 0 Å². The van der Waals surface area contributed by atoms with Crippen LogP contribution in [0, 0.1) is 5.92 Å². The molecule has 0 aliphatic heterocycles. The minimum absolute atomic E-state index is 0.306. The zero-order chi connectivity index (χ0) is 11.3. The number of rotatable bonds is 3. The van der Waals surface area contributed by atoms with E-state index in [0.29, 0.717) is 18.3 Å². The van der Waals surface area contributed by atoms with Crippen molar-refractivity contribution in [1.82, 2.24) is 0 Å². The summed E-state index contributed by atoms with van der Waals surface area (Å²) in [5.74, 6) is 0.776. The number of halogens is 1. The van der Waals surface area contributed by atoms with E-state index in [-0.39, 0.29) is 0 Å². The van der Waals surface area contributed by atoms with Gasteiger partial charge in [-0.25, -0.2) is 4.79 Å². The molecule has 0 aliphatic rings. The average molecular weight is 273 g/mol. The first-order chi connectivity index (χ1) is 7.08. The average Bonchev–Trinajstić information content (AvgIpc) is 2.15. The van der Waals surface area contributed by atoms with Crippen molar-refractivity contribution in [2.75, 3.05) is 6.61 Å². The van der Waals surface area contributed by atoms with Crippen LogP contribution < -0.4 is 4.74 Å². The van der Waals surface area contributed by atoms with Gasteiger partial charge in [-0.15, -0.1) is 0 Å². The van der Waals surface area contributed by atoms with Crippen molar-refractivity contribution in [3.05, 3.63) is 28.7 Å². The van der Waals surface area contributed by atoms with Crippen LogP contribution in [0.15, 0.2) is 28.7 Å². The quantitative estimate of drug-likeness (QED) is 0.623. The van der Waals surface area contributed by atoms with Crippen LogP contribution in [0.2, 0.25) is 0 Å². The molecule has 1 rings (SSSR count). The summed E-state index contributed by atoms with van der Waals surface area (Å²) in [4.78, 5) is 11.2. The Hall–Kier alpha value is -1.03. The molecule has 1 aromatic carbocycles. The largest absolute Gasteiger partial charge is 0.513 e. The molecule has 82 valence electrons. The van der Waals surface area contributed by atoms with Crippen LogP contribution in [-0.2, 0) is 4.74 Å². The summed E-state index contributed by atoms with van der Waals surface area (Å²) in [5, 5.41) is 0. The van der Waals surface area contributed by atoms with E-state index in [2.05, 4.69) is 15.9 Å². The number of ether oxygens (including phenoxy) is 2. The molecule has 0 fully saturated rings. The van der Waals surface area contributed by atoms with E-state index in [1.807, 2.05) is 19.9 Å². The van der Waals surface area contributed by atoms with Gasteiger partial charge in [0.15, 0.2) is 0 Å². The first kappa shape index (κ1) is 12.0. The molecule has 0 saturated heterocycles. The number of hydrogen-bond acceptors (Lipinski definition) is 3. The van der Waals surface area contributed by atoms with E-state index in [4.69, 9.17) is 9.47 Å². The van der Waals surface area contributed by atoms with Crippen molar-refractivity contribution < 1.29 is 14.3 Å². The Labute approximate surface area is 97.5 Å². The third-order valence-corrected chi connectivity index (χ3v) is 2.03. The van der Waals surface area contributed by atoms with E-state index in [1.54, 1.807) is 18.2 Å². The highest BCUT2D eigenvalue weighted by Crippen LogP contribution is 2.18. The molecule has 0 N–H and O–H groups in total. The maximum Gasteiger partial charge on any atom is 0.513 e. The second-order valence-electron chi connectivity index (χ2n) is 3.51. The molecular weight excluding hydrogens is 260 g/mol. The van der Waals surface area contributed by atoms with E-state index < -0.39 is 6.16 Å². The Morgan fingerprint density at radius 2 is 2.20 bits per heavy atom. The fraction of sp³-hybridized carbons (Fsp3) is 0.364. The van der Waals surface area contributed by atoms with Gasteiger partial charge in [0, 0.05) is 4.47 Å². The summed E-state index contributed by atoms with van der Waals surface area (Å²) in [6.45, 7) is 4.30. The van der Waals surface area contributed by atoms with Crippen LogP contribution >= 0.6 is 15.9 Å². The second-order valence-corrected chi connectivity index (χ2v) is 4.43. The molecule has 1 aromatic rings. The molecule has 3 nitrogen and oxygen atoms in total. The molecule has 0 heterocycles. The summed E-state index contributed by atoms with van der Waals surface area (Å²) in [7, 11) is 0. The van der Waals surface area contributed by atoms with Crippen LogP contribution in [0.4, 0.5) is 4.79 Å². The second kappa shape index (κ2) is 5.75. The Morgan fingerprint density at radius 1 is 1.47 bits per heavy atom. The Kier molecular flexibility index (Phi) is 4.62. The molecule has 0 saturated carbocycles. The minimum Gasteiger partial charge on any atom is -0.434 e. The topological polar surface area (TPSA) is 35.5 Å². The van der Waals surface area contributed by atoms with Crippen LogP contribution in [0.25, 0.3) is 0 Å². The Morgan fingerprint density at radius 3 is 2.80 bits per heavy atom. The fourth-order valence-corrected chi connectivity index (χ4v) is 1.27. The third-order valence-electron chi connectivity index (χ3n) is 1.53. The van der Waals surface area contributed by atoms with Gasteiger partial charge in [-0.1, -0.05) is 35.8 Å². The zero-order valence-corrected chi connectivity index (χ0v) is 10.3. The van der Waals surface area contributed by atoms with Crippen LogP contribution in [0.1, 0.15) is 13.8 Å². The third kappa shape index (κ3) is 4.83. The van der Waals surface area contributed by atoms with Crippen molar-refractivity contribution in [3.8, 4) is 5.75 Å². The highest BCUT2D eigenvalue weighted by Gasteiger charge is 2.06.